The van der Waals surface area contributed by atoms with Crippen LogP contribution >= 0.6 is 0 Å². The highest BCUT2D eigenvalue weighted by Gasteiger charge is 2.25. The summed E-state index contributed by atoms with van der Waals surface area (Å²) in [5, 5.41) is 4.15. The van der Waals surface area contributed by atoms with Gasteiger partial charge in [-0.3, -0.25) is 19.4 Å². The Morgan fingerprint density at radius 1 is 1.23 bits per heavy atom. The van der Waals surface area contributed by atoms with Crippen LogP contribution in [0, 0.1) is 0 Å². The van der Waals surface area contributed by atoms with Gasteiger partial charge in [-0.15, -0.1) is 0 Å². The number of hydrogen-bond acceptors (Lipinski definition) is 4. The highest BCUT2D eigenvalue weighted by atomic mass is 16.2. The molecule has 1 aliphatic rings. The predicted octanol–water partition coefficient (Wildman–Crippen LogP) is 1.18. The minimum atomic E-state index is -0.236. The number of carbonyl (C=O) groups is 1. The van der Waals surface area contributed by atoms with Crippen LogP contribution in [0.2, 0.25) is 0 Å². The third-order valence-corrected chi connectivity index (χ3v) is 4.09. The summed E-state index contributed by atoms with van der Waals surface area (Å²) in [5.41, 5.74) is 1.21. The number of carbonyl (C=O) groups excluding carboxylic acids is 1. The maximum Gasteiger partial charge on any atom is 0.247 e. The van der Waals surface area contributed by atoms with E-state index in [0.717, 1.165) is 32.7 Å². The first-order valence-corrected chi connectivity index (χ1v) is 7.63. The van der Waals surface area contributed by atoms with E-state index < -0.39 is 0 Å². The Morgan fingerprint density at radius 2 is 2.05 bits per heavy atom. The van der Waals surface area contributed by atoms with Gasteiger partial charge in [-0.1, -0.05) is 6.07 Å². The number of pyridine rings is 1. The van der Waals surface area contributed by atoms with Crippen molar-refractivity contribution >= 4 is 5.91 Å². The van der Waals surface area contributed by atoms with Gasteiger partial charge in [0.05, 0.1) is 0 Å². The molecule has 0 unspecified atom stereocenters. The molecule has 0 aromatic carbocycles. The lowest BCUT2D eigenvalue weighted by Gasteiger charge is -2.35. The van der Waals surface area contributed by atoms with E-state index in [1.165, 1.54) is 5.56 Å². The Bertz CT molecular complexity index is 590. The monoisotopic (exact) mass is 299 g/mol. The van der Waals surface area contributed by atoms with Gasteiger partial charge in [0, 0.05) is 57.5 Å². The zero-order valence-corrected chi connectivity index (χ0v) is 12.8. The average molecular weight is 299 g/mol. The van der Waals surface area contributed by atoms with Crippen LogP contribution in [0.25, 0.3) is 0 Å². The van der Waals surface area contributed by atoms with Crippen LogP contribution in [-0.2, 0) is 11.3 Å². The largest absolute Gasteiger partial charge is 0.338 e. The third-order valence-electron chi connectivity index (χ3n) is 4.09. The molecule has 1 fully saturated rings. The molecule has 0 radical (unpaired) electrons. The van der Waals surface area contributed by atoms with E-state index in [1.54, 1.807) is 17.1 Å². The van der Waals surface area contributed by atoms with Crippen molar-refractivity contribution in [1.29, 1.82) is 0 Å². The van der Waals surface area contributed by atoms with Crippen LogP contribution in [0.3, 0.4) is 0 Å². The molecule has 1 amide bonds. The molecule has 22 heavy (non-hydrogen) atoms. The summed E-state index contributed by atoms with van der Waals surface area (Å²) < 4.78 is 1.71. The van der Waals surface area contributed by atoms with E-state index in [1.807, 2.05) is 36.4 Å². The molecule has 2 aromatic heterocycles. The van der Waals surface area contributed by atoms with E-state index >= 15 is 0 Å². The highest BCUT2D eigenvalue weighted by Crippen LogP contribution is 2.13. The smallest absolute Gasteiger partial charge is 0.247 e. The van der Waals surface area contributed by atoms with Gasteiger partial charge in [0.2, 0.25) is 5.91 Å². The third kappa shape index (κ3) is 3.33. The Kier molecular flexibility index (Phi) is 4.48. The molecule has 2 aromatic rings. The summed E-state index contributed by atoms with van der Waals surface area (Å²) in [4.78, 5) is 20.9. The second-order valence-electron chi connectivity index (χ2n) is 5.62. The molecule has 0 bridgehead atoms. The van der Waals surface area contributed by atoms with Gasteiger partial charge in [-0.25, -0.2) is 0 Å². The first-order valence-electron chi connectivity index (χ1n) is 7.63. The van der Waals surface area contributed by atoms with E-state index in [4.69, 9.17) is 0 Å². The van der Waals surface area contributed by atoms with E-state index in [0.29, 0.717) is 0 Å². The Hall–Kier alpha value is -2.21. The van der Waals surface area contributed by atoms with Crippen molar-refractivity contribution in [1.82, 2.24) is 24.6 Å². The van der Waals surface area contributed by atoms with Crippen molar-refractivity contribution in [2.45, 2.75) is 19.5 Å². The molecular formula is C16H21N5O. The molecule has 1 saturated heterocycles. The maximum atomic E-state index is 12.5. The van der Waals surface area contributed by atoms with Gasteiger partial charge in [0.25, 0.3) is 0 Å². The summed E-state index contributed by atoms with van der Waals surface area (Å²) in [6, 6.07) is 5.65. The predicted molar refractivity (Wildman–Crippen MR) is 83.0 cm³/mol. The normalized spacial score (nSPS) is 17.4. The van der Waals surface area contributed by atoms with Gasteiger partial charge in [-0.05, 0) is 24.6 Å². The fraction of sp³-hybridized carbons (Fsp3) is 0.438. The Labute approximate surface area is 130 Å². The summed E-state index contributed by atoms with van der Waals surface area (Å²) in [6.45, 7) is 6.12. The van der Waals surface area contributed by atoms with E-state index in [-0.39, 0.29) is 11.9 Å². The zero-order chi connectivity index (χ0) is 15.4. The van der Waals surface area contributed by atoms with Gasteiger partial charge < -0.3 is 4.90 Å². The maximum absolute atomic E-state index is 12.5. The van der Waals surface area contributed by atoms with Crippen LogP contribution < -0.4 is 0 Å². The van der Waals surface area contributed by atoms with E-state index in [9.17, 15) is 4.79 Å². The molecule has 0 aliphatic carbocycles. The molecule has 0 N–H and O–H groups in total. The summed E-state index contributed by atoms with van der Waals surface area (Å²) in [7, 11) is 0. The number of aromatic nitrogens is 3. The van der Waals surface area contributed by atoms with Crippen LogP contribution in [0.15, 0.2) is 43.0 Å². The SMILES string of the molecule is C[C@H](C(=O)N1CCN(Cc2cccnc2)CC1)n1cccn1. The topological polar surface area (TPSA) is 54.3 Å². The first-order chi connectivity index (χ1) is 10.7. The summed E-state index contributed by atoms with van der Waals surface area (Å²) >= 11 is 0. The number of piperazine rings is 1. The number of nitrogens with zero attached hydrogens (tertiary/aromatic N) is 5. The number of hydrogen-bond donors (Lipinski definition) is 0. The zero-order valence-electron chi connectivity index (χ0n) is 12.8. The molecule has 0 spiro atoms. The van der Waals surface area contributed by atoms with Crippen LogP contribution in [-0.4, -0.2) is 56.7 Å². The lowest BCUT2D eigenvalue weighted by Crippen LogP contribution is -2.49. The quantitative estimate of drug-likeness (QED) is 0.851. The van der Waals surface area contributed by atoms with Crippen molar-refractivity contribution in [2.75, 3.05) is 26.2 Å². The molecule has 0 saturated carbocycles. The standard InChI is InChI=1S/C16H21N5O/c1-14(21-7-3-6-18-21)16(22)20-10-8-19(9-11-20)13-15-4-2-5-17-12-15/h2-7,12,14H,8-11,13H2,1H3/t14-/m1/s1. The van der Waals surface area contributed by atoms with E-state index in [2.05, 4.69) is 21.0 Å². The lowest BCUT2D eigenvalue weighted by atomic mass is 10.2. The minimum Gasteiger partial charge on any atom is -0.338 e. The first kappa shape index (κ1) is 14.7. The van der Waals surface area contributed by atoms with Gasteiger partial charge in [-0.2, -0.15) is 5.10 Å². The second-order valence-corrected chi connectivity index (χ2v) is 5.62. The molecule has 3 rings (SSSR count). The molecule has 6 nitrogen and oxygen atoms in total. The van der Waals surface area contributed by atoms with Gasteiger partial charge >= 0.3 is 0 Å². The fourth-order valence-corrected chi connectivity index (χ4v) is 2.76. The molecule has 116 valence electrons. The lowest BCUT2D eigenvalue weighted by molar-refractivity contribution is -0.136. The van der Waals surface area contributed by atoms with Crippen molar-refractivity contribution in [3.63, 3.8) is 0 Å². The number of amides is 1. The van der Waals surface area contributed by atoms with Crippen LogP contribution in [0.5, 0.6) is 0 Å². The Morgan fingerprint density at radius 3 is 2.68 bits per heavy atom. The molecule has 6 heteroatoms. The average Bonchev–Trinajstić information content (AvgIpc) is 3.10. The highest BCUT2D eigenvalue weighted by molar-refractivity contribution is 5.80. The second kappa shape index (κ2) is 6.70. The summed E-state index contributed by atoms with van der Waals surface area (Å²) in [6.07, 6.45) is 7.23. The fourth-order valence-electron chi connectivity index (χ4n) is 2.76. The minimum absolute atomic E-state index is 0.143. The van der Waals surface area contributed by atoms with Crippen molar-refractivity contribution < 1.29 is 4.79 Å². The van der Waals surface area contributed by atoms with Crippen LogP contribution in [0.1, 0.15) is 18.5 Å². The van der Waals surface area contributed by atoms with Crippen molar-refractivity contribution in [3.05, 3.63) is 48.5 Å². The van der Waals surface area contributed by atoms with Gasteiger partial charge in [0.15, 0.2) is 0 Å². The molecule has 1 aliphatic heterocycles. The summed E-state index contributed by atoms with van der Waals surface area (Å²) in [5.74, 6) is 0.143. The molecular weight excluding hydrogens is 278 g/mol. The van der Waals surface area contributed by atoms with Gasteiger partial charge in [0.1, 0.15) is 6.04 Å². The van der Waals surface area contributed by atoms with Crippen molar-refractivity contribution in [3.8, 4) is 0 Å². The van der Waals surface area contributed by atoms with Crippen molar-refractivity contribution in [2.24, 2.45) is 0 Å². The molecule has 3 heterocycles. The Balaban J connectivity index is 1.52. The number of rotatable bonds is 4. The molecule has 1 atom stereocenters. The van der Waals surface area contributed by atoms with Crippen LogP contribution in [0.4, 0.5) is 0 Å².